The van der Waals surface area contributed by atoms with Crippen LogP contribution < -0.4 is 9.64 Å². The molecule has 6 nitrogen and oxygen atoms in total. The summed E-state index contributed by atoms with van der Waals surface area (Å²) in [6, 6.07) is 12.0. The number of methoxy groups -OCH3 is 2. The number of hydrogen-bond donors (Lipinski definition) is 0. The first-order valence-corrected chi connectivity index (χ1v) is 9.00. The number of ether oxygens (including phenoxy) is 2. The van der Waals surface area contributed by atoms with Crippen LogP contribution in [-0.4, -0.2) is 42.8 Å². The molecule has 3 aromatic rings. The number of hydrogen-bond acceptors (Lipinski definition) is 4. The lowest BCUT2D eigenvalue weighted by Gasteiger charge is -2.17. The quantitative estimate of drug-likeness (QED) is 0.696. The molecule has 0 fully saturated rings. The maximum atomic E-state index is 12.6. The van der Waals surface area contributed by atoms with Gasteiger partial charge in [0.1, 0.15) is 11.6 Å². The van der Waals surface area contributed by atoms with Crippen molar-refractivity contribution in [2.75, 3.05) is 32.3 Å². The fourth-order valence-corrected chi connectivity index (χ4v) is 3.72. The van der Waals surface area contributed by atoms with Crippen LogP contribution in [0.25, 0.3) is 22.4 Å². The fraction of sp³-hybridized carbons (Fsp3) is 0.333. The molecule has 0 aliphatic carbocycles. The zero-order valence-electron chi connectivity index (χ0n) is 16.0. The van der Waals surface area contributed by atoms with E-state index < -0.39 is 0 Å². The molecule has 0 saturated heterocycles. The zero-order valence-corrected chi connectivity index (χ0v) is 16.0. The number of rotatable bonds is 5. The Kier molecular flexibility index (Phi) is 4.36. The van der Waals surface area contributed by atoms with Crippen LogP contribution >= 0.6 is 0 Å². The molecule has 0 bridgehead atoms. The van der Waals surface area contributed by atoms with Crippen LogP contribution in [0.2, 0.25) is 0 Å². The van der Waals surface area contributed by atoms with Crippen LogP contribution in [0.15, 0.2) is 36.4 Å². The summed E-state index contributed by atoms with van der Waals surface area (Å²) in [6.07, 6.45) is 0. The van der Waals surface area contributed by atoms with E-state index >= 15 is 0 Å². The highest BCUT2D eigenvalue weighted by atomic mass is 16.5. The van der Waals surface area contributed by atoms with E-state index in [0.29, 0.717) is 13.2 Å². The van der Waals surface area contributed by atoms with Gasteiger partial charge in [0, 0.05) is 32.0 Å². The lowest BCUT2D eigenvalue weighted by Crippen LogP contribution is -2.31. The van der Waals surface area contributed by atoms with Gasteiger partial charge in [-0.3, -0.25) is 4.79 Å². The standard InChI is InChI=1S/C21H23N3O3/c1-13-16-11-17-19(12-18(16)24(21(13)25)9-10-26-3)23(2)20(22-17)14-5-7-15(27-4)8-6-14/h5-8,11-13H,9-10H2,1-4H3. The van der Waals surface area contributed by atoms with Crippen molar-refractivity contribution in [2.24, 2.45) is 7.05 Å². The molecule has 0 N–H and O–H groups in total. The molecule has 4 rings (SSSR count). The van der Waals surface area contributed by atoms with Gasteiger partial charge in [0.2, 0.25) is 5.91 Å². The largest absolute Gasteiger partial charge is 0.497 e. The second-order valence-corrected chi connectivity index (χ2v) is 6.83. The molecule has 140 valence electrons. The minimum absolute atomic E-state index is 0.118. The van der Waals surface area contributed by atoms with E-state index in [1.807, 2.05) is 49.2 Å². The van der Waals surface area contributed by atoms with Crippen molar-refractivity contribution in [3.8, 4) is 17.1 Å². The molecular formula is C21H23N3O3. The van der Waals surface area contributed by atoms with Crippen LogP contribution in [0.5, 0.6) is 5.75 Å². The number of carbonyl (C=O) groups excluding carboxylic acids is 1. The number of aromatic nitrogens is 2. The summed E-state index contributed by atoms with van der Waals surface area (Å²) >= 11 is 0. The molecule has 1 aliphatic rings. The van der Waals surface area contributed by atoms with Gasteiger partial charge < -0.3 is 18.9 Å². The second-order valence-electron chi connectivity index (χ2n) is 6.83. The van der Waals surface area contributed by atoms with Gasteiger partial charge in [-0.2, -0.15) is 0 Å². The lowest BCUT2D eigenvalue weighted by atomic mass is 10.0. The van der Waals surface area contributed by atoms with Gasteiger partial charge in [-0.15, -0.1) is 0 Å². The molecule has 0 spiro atoms. The summed E-state index contributed by atoms with van der Waals surface area (Å²) < 4.78 is 12.5. The van der Waals surface area contributed by atoms with Gasteiger partial charge >= 0.3 is 0 Å². The van der Waals surface area contributed by atoms with Gasteiger partial charge in [-0.25, -0.2) is 4.98 Å². The van der Waals surface area contributed by atoms with Crippen molar-refractivity contribution >= 4 is 22.6 Å². The number of benzene rings is 2. The average molecular weight is 365 g/mol. The molecule has 2 aromatic carbocycles. The molecule has 6 heteroatoms. The molecule has 1 unspecified atom stereocenters. The molecule has 1 amide bonds. The maximum Gasteiger partial charge on any atom is 0.234 e. The number of nitrogens with zero attached hydrogens (tertiary/aromatic N) is 3. The molecule has 2 heterocycles. The van der Waals surface area contributed by atoms with Gasteiger partial charge in [0.25, 0.3) is 0 Å². The molecular weight excluding hydrogens is 342 g/mol. The summed E-state index contributed by atoms with van der Waals surface area (Å²) in [5, 5.41) is 0. The van der Waals surface area contributed by atoms with Crippen molar-refractivity contribution in [1.29, 1.82) is 0 Å². The Labute approximate surface area is 158 Å². The number of aryl methyl sites for hydroxylation is 1. The van der Waals surface area contributed by atoms with E-state index in [-0.39, 0.29) is 11.8 Å². The third-order valence-corrected chi connectivity index (χ3v) is 5.29. The first kappa shape index (κ1) is 17.5. The molecule has 0 radical (unpaired) electrons. The Bertz CT molecular complexity index is 1010. The Balaban J connectivity index is 1.81. The molecule has 1 aromatic heterocycles. The first-order valence-electron chi connectivity index (χ1n) is 9.00. The fourth-order valence-electron chi connectivity index (χ4n) is 3.72. The number of carbonyl (C=O) groups is 1. The minimum atomic E-state index is -0.160. The van der Waals surface area contributed by atoms with Crippen molar-refractivity contribution < 1.29 is 14.3 Å². The van der Waals surface area contributed by atoms with E-state index in [1.54, 1.807) is 14.2 Å². The summed E-state index contributed by atoms with van der Waals surface area (Å²) in [5.74, 6) is 1.66. The highest BCUT2D eigenvalue weighted by molar-refractivity contribution is 6.07. The number of fused-ring (bicyclic) bond motifs is 2. The smallest absolute Gasteiger partial charge is 0.234 e. The summed E-state index contributed by atoms with van der Waals surface area (Å²) in [5.41, 5.74) is 4.92. The Morgan fingerprint density at radius 3 is 2.56 bits per heavy atom. The van der Waals surface area contributed by atoms with Gasteiger partial charge in [0.05, 0.1) is 30.7 Å². The van der Waals surface area contributed by atoms with Crippen LogP contribution in [-0.2, 0) is 16.6 Å². The van der Waals surface area contributed by atoms with E-state index in [2.05, 4.69) is 10.6 Å². The highest BCUT2D eigenvalue weighted by Gasteiger charge is 2.34. The van der Waals surface area contributed by atoms with E-state index in [9.17, 15) is 4.79 Å². The van der Waals surface area contributed by atoms with Crippen LogP contribution in [0.4, 0.5) is 5.69 Å². The van der Waals surface area contributed by atoms with Crippen molar-refractivity contribution in [2.45, 2.75) is 12.8 Å². The number of imidazole rings is 1. The minimum Gasteiger partial charge on any atom is -0.497 e. The zero-order chi connectivity index (χ0) is 19.1. The molecule has 27 heavy (non-hydrogen) atoms. The average Bonchev–Trinajstić information content (AvgIpc) is 3.13. The third-order valence-electron chi connectivity index (χ3n) is 5.29. The molecule has 1 atom stereocenters. The predicted octanol–water partition coefficient (Wildman–Crippen LogP) is 3.35. The highest BCUT2D eigenvalue weighted by Crippen LogP contribution is 2.40. The van der Waals surface area contributed by atoms with Gasteiger partial charge in [-0.1, -0.05) is 0 Å². The van der Waals surface area contributed by atoms with Gasteiger partial charge in [-0.05, 0) is 48.9 Å². The Morgan fingerprint density at radius 1 is 1.15 bits per heavy atom. The summed E-state index contributed by atoms with van der Waals surface area (Å²) in [6.45, 7) is 3.02. The lowest BCUT2D eigenvalue weighted by molar-refractivity contribution is -0.119. The SMILES string of the molecule is COCCN1C(=O)C(C)c2cc3nc(-c4ccc(OC)cc4)n(C)c3cc21. The molecule has 1 aliphatic heterocycles. The maximum absolute atomic E-state index is 12.6. The normalized spacial score (nSPS) is 16.2. The van der Waals surface area contributed by atoms with Crippen LogP contribution in [0.3, 0.4) is 0 Å². The van der Waals surface area contributed by atoms with E-state index in [4.69, 9.17) is 14.5 Å². The second kappa shape index (κ2) is 6.70. The molecule has 0 saturated carbocycles. The van der Waals surface area contributed by atoms with Crippen molar-refractivity contribution in [3.05, 3.63) is 42.0 Å². The summed E-state index contributed by atoms with van der Waals surface area (Å²) in [4.78, 5) is 19.3. The summed E-state index contributed by atoms with van der Waals surface area (Å²) in [7, 11) is 5.31. The van der Waals surface area contributed by atoms with Crippen molar-refractivity contribution in [3.63, 3.8) is 0 Å². The first-order chi connectivity index (χ1) is 13.0. The van der Waals surface area contributed by atoms with Crippen LogP contribution in [0, 0.1) is 0 Å². The number of anilines is 1. The third kappa shape index (κ3) is 2.77. The number of amides is 1. The van der Waals surface area contributed by atoms with Crippen LogP contribution in [0.1, 0.15) is 18.4 Å². The topological polar surface area (TPSA) is 56.6 Å². The monoisotopic (exact) mass is 365 g/mol. The Morgan fingerprint density at radius 2 is 1.89 bits per heavy atom. The predicted molar refractivity (Wildman–Crippen MR) is 105 cm³/mol. The van der Waals surface area contributed by atoms with E-state index in [1.165, 1.54) is 0 Å². The van der Waals surface area contributed by atoms with E-state index in [0.717, 1.165) is 39.4 Å². The Hall–Kier alpha value is -2.86. The van der Waals surface area contributed by atoms with Crippen molar-refractivity contribution in [1.82, 2.24) is 9.55 Å². The van der Waals surface area contributed by atoms with Gasteiger partial charge in [0.15, 0.2) is 0 Å².